The lowest BCUT2D eigenvalue weighted by Gasteiger charge is -2.02. The third kappa shape index (κ3) is 1.36. The molecule has 60 valence electrons. The first-order valence-corrected chi connectivity index (χ1v) is 4.10. The van der Waals surface area contributed by atoms with Gasteiger partial charge in [-0.3, -0.25) is 9.59 Å². The van der Waals surface area contributed by atoms with Crippen LogP contribution in [0.15, 0.2) is 10.5 Å². The van der Waals surface area contributed by atoms with Gasteiger partial charge in [-0.25, -0.2) is 0 Å². The van der Waals surface area contributed by atoms with Crippen LogP contribution in [0.3, 0.4) is 0 Å². The Kier molecular flexibility index (Phi) is 2.46. The smallest absolute Gasteiger partial charge is 0.202 e. The number of hydrogen-bond donors (Lipinski definition) is 1. The SMILES string of the molecule is CC1=C(C=O)C(CN)C(=O)S1. The van der Waals surface area contributed by atoms with E-state index in [-0.39, 0.29) is 17.6 Å². The molecule has 0 aromatic heterocycles. The number of hydrogen-bond acceptors (Lipinski definition) is 4. The lowest BCUT2D eigenvalue weighted by molar-refractivity contribution is -0.114. The second-order valence-corrected chi connectivity index (χ2v) is 3.56. The van der Waals surface area contributed by atoms with Gasteiger partial charge in [0.2, 0.25) is 5.12 Å². The van der Waals surface area contributed by atoms with Crippen LogP contribution in [0.4, 0.5) is 0 Å². The molecule has 0 radical (unpaired) electrons. The molecule has 0 aliphatic carbocycles. The first-order valence-electron chi connectivity index (χ1n) is 3.28. The molecule has 1 aliphatic rings. The number of carbonyl (C=O) groups excluding carboxylic acids is 2. The fraction of sp³-hybridized carbons (Fsp3) is 0.429. The van der Waals surface area contributed by atoms with Gasteiger partial charge in [-0.15, -0.1) is 0 Å². The maximum atomic E-state index is 11.1. The van der Waals surface area contributed by atoms with E-state index >= 15 is 0 Å². The molecule has 0 fully saturated rings. The Bertz CT molecular complexity index is 235. The highest BCUT2D eigenvalue weighted by molar-refractivity contribution is 8.17. The van der Waals surface area contributed by atoms with Crippen molar-refractivity contribution in [1.29, 1.82) is 0 Å². The highest BCUT2D eigenvalue weighted by atomic mass is 32.2. The number of carbonyl (C=O) groups is 2. The molecule has 11 heavy (non-hydrogen) atoms. The highest BCUT2D eigenvalue weighted by Gasteiger charge is 2.30. The fourth-order valence-electron chi connectivity index (χ4n) is 1.04. The summed E-state index contributed by atoms with van der Waals surface area (Å²) in [5.41, 5.74) is 5.88. The first kappa shape index (κ1) is 8.49. The molecule has 0 saturated carbocycles. The third-order valence-corrected chi connectivity index (χ3v) is 2.71. The van der Waals surface area contributed by atoms with Crippen LogP contribution in [0.1, 0.15) is 6.92 Å². The summed E-state index contributed by atoms with van der Waals surface area (Å²) < 4.78 is 0. The molecule has 0 amide bonds. The van der Waals surface area contributed by atoms with E-state index in [9.17, 15) is 9.59 Å². The van der Waals surface area contributed by atoms with E-state index < -0.39 is 0 Å². The molecule has 1 atom stereocenters. The van der Waals surface area contributed by atoms with Crippen molar-refractivity contribution in [2.24, 2.45) is 11.7 Å². The molecule has 1 rings (SSSR count). The van der Waals surface area contributed by atoms with Crippen molar-refractivity contribution in [3.05, 3.63) is 10.5 Å². The summed E-state index contributed by atoms with van der Waals surface area (Å²) in [5, 5.41) is -0.00731. The summed E-state index contributed by atoms with van der Waals surface area (Å²) in [4.78, 5) is 22.3. The van der Waals surface area contributed by atoms with Gasteiger partial charge in [0.05, 0.1) is 5.92 Å². The second-order valence-electron chi connectivity index (χ2n) is 2.34. The van der Waals surface area contributed by atoms with Gasteiger partial charge in [0.15, 0.2) is 0 Å². The van der Waals surface area contributed by atoms with Crippen LogP contribution in [0.25, 0.3) is 0 Å². The van der Waals surface area contributed by atoms with Gasteiger partial charge in [-0.05, 0) is 11.8 Å². The maximum Gasteiger partial charge on any atom is 0.202 e. The van der Waals surface area contributed by atoms with Crippen molar-refractivity contribution in [2.75, 3.05) is 6.54 Å². The molecule has 1 heterocycles. The molecular formula is C7H9NO2S. The molecule has 3 nitrogen and oxygen atoms in total. The lowest BCUT2D eigenvalue weighted by Crippen LogP contribution is -2.20. The average Bonchev–Trinajstić information content (AvgIpc) is 2.24. The zero-order valence-electron chi connectivity index (χ0n) is 6.16. The molecule has 1 aliphatic heterocycles. The van der Waals surface area contributed by atoms with Crippen LogP contribution in [0, 0.1) is 5.92 Å². The van der Waals surface area contributed by atoms with Gasteiger partial charge >= 0.3 is 0 Å². The molecular weight excluding hydrogens is 162 g/mol. The Morgan fingerprint density at radius 2 is 2.36 bits per heavy atom. The number of rotatable bonds is 2. The van der Waals surface area contributed by atoms with Gasteiger partial charge in [0.25, 0.3) is 0 Å². The second kappa shape index (κ2) is 3.19. The summed E-state index contributed by atoms with van der Waals surface area (Å²) in [6.07, 6.45) is 0.727. The van der Waals surface area contributed by atoms with Crippen LogP contribution in [0.2, 0.25) is 0 Å². The summed E-state index contributed by atoms with van der Waals surface area (Å²) in [7, 11) is 0. The number of nitrogens with two attached hydrogens (primary N) is 1. The van der Waals surface area contributed by atoms with E-state index in [2.05, 4.69) is 0 Å². The highest BCUT2D eigenvalue weighted by Crippen LogP contribution is 2.35. The maximum absolute atomic E-state index is 11.1. The van der Waals surface area contributed by atoms with Crippen molar-refractivity contribution in [1.82, 2.24) is 0 Å². The standard InChI is InChI=1S/C7H9NO2S/c1-4-6(3-9)5(2-8)7(10)11-4/h3,5H,2,8H2,1H3. The molecule has 0 bridgehead atoms. The number of allylic oxidation sites excluding steroid dienone is 1. The molecule has 4 heteroatoms. The van der Waals surface area contributed by atoms with Crippen LogP contribution in [-0.2, 0) is 9.59 Å². The van der Waals surface area contributed by atoms with E-state index in [0.717, 1.165) is 23.0 Å². The molecule has 0 aromatic carbocycles. The van der Waals surface area contributed by atoms with Crippen LogP contribution in [0.5, 0.6) is 0 Å². The predicted molar refractivity (Wildman–Crippen MR) is 43.9 cm³/mol. The quantitative estimate of drug-likeness (QED) is 0.607. The van der Waals surface area contributed by atoms with Crippen LogP contribution in [-0.4, -0.2) is 17.9 Å². The summed E-state index contributed by atoms with van der Waals surface area (Å²) in [6, 6.07) is 0. The largest absolute Gasteiger partial charge is 0.329 e. The lowest BCUT2D eigenvalue weighted by atomic mass is 10.0. The van der Waals surface area contributed by atoms with Crippen molar-refractivity contribution in [3.8, 4) is 0 Å². The Hall–Kier alpha value is -0.610. The van der Waals surface area contributed by atoms with E-state index in [1.807, 2.05) is 0 Å². The molecule has 2 N–H and O–H groups in total. The molecule has 1 unspecified atom stereocenters. The van der Waals surface area contributed by atoms with Crippen LogP contribution < -0.4 is 5.73 Å². The third-order valence-electron chi connectivity index (χ3n) is 1.68. The van der Waals surface area contributed by atoms with Crippen molar-refractivity contribution < 1.29 is 9.59 Å². The minimum absolute atomic E-state index is 0.00731. The average molecular weight is 171 g/mol. The molecule has 0 spiro atoms. The normalized spacial score (nSPS) is 24.5. The monoisotopic (exact) mass is 171 g/mol. The topological polar surface area (TPSA) is 60.2 Å². The summed E-state index contributed by atoms with van der Waals surface area (Å²) in [6.45, 7) is 2.00. The zero-order chi connectivity index (χ0) is 8.43. The Labute approximate surface area is 69.0 Å². The fourth-order valence-corrected chi connectivity index (χ4v) is 2.02. The summed E-state index contributed by atoms with van der Waals surface area (Å²) >= 11 is 1.12. The summed E-state index contributed by atoms with van der Waals surface area (Å²) in [5.74, 6) is -0.363. The van der Waals surface area contributed by atoms with Crippen molar-refractivity contribution in [2.45, 2.75) is 6.92 Å². The Morgan fingerprint density at radius 3 is 2.73 bits per heavy atom. The van der Waals surface area contributed by atoms with Crippen molar-refractivity contribution >= 4 is 23.2 Å². The number of thioether (sulfide) groups is 1. The van der Waals surface area contributed by atoms with E-state index in [1.165, 1.54) is 0 Å². The van der Waals surface area contributed by atoms with Gasteiger partial charge in [0.1, 0.15) is 6.29 Å². The van der Waals surface area contributed by atoms with Gasteiger partial charge in [-0.1, -0.05) is 11.8 Å². The van der Waals surface area contributed by atoms with E-state index in [0.29, 0.717) is 5.57 Å². The zero-order valence-corrected chi connectivity index (χ0v) is 6.98. The molecule has 0 saturated heterocycles. The predicted octanol–water partition coefficient (Wildman–Crippen LogP) is 0.308. The number of aldehydes is 1. The first-order chi connectivity index (χ1) is 5.20. The minimum Gasteiger partial charge on any atom is -0.329 e. The van der Waals surface area contributed by atoms with Crippen molar-refractivity contribution in [3.63, 3.8) is 0 Å². The Morgan fingerprint density at radius 1 is 1.73 bits per heavy atom. The van der Waals surface area contributed by atoms with E-state index in [4.69, 9.17) is 5.73 Å². The van der Waals surface area contributed by atoms with Gasteiger partial charge < -0.3 is 5.73 Å². The minimum atomic E-state index is -0.363. The molecule has 0 aromatic rings. The van der Waals surface area contributed by atoms with Gasteiger partial charge in [-0.2, -0.15) is 0 Å². The Balaban J connectivity index is 2.93. The van der Waals surface area contributed by atoms with Crippen LogP contribution >= 0.6 is 11.8 Å². The van der Waals surface area contributed by atoms with Gasteiger partial charge in [0, 0.05) is 12.1 Å². The van der Waals surface area contributed by atoms with E-state index in [1.54, 1.807) is 6.92 Å².